The molecule has 2 aliphatic rings. The molecule has 0 amide bonds. The van der Waals surface area contributed by atoms with Gasteiger partial charge in [0.05, 0.1) is 29.7 Å². The minimum Gasteiger partial charge on any atom is -0.829 e. The molecule has 7 unspecified atom stereocenters. The summed E-state index contributed by atoms with van der Waals surface area (Å²) in [6.45, 7) is 7.95. The van der Waals surface area contributed by atoms with Crippen LogP contribution in [-0.4, -0.2) is 63.8 Å². The van der Waals surface area contributed by atoms with Crippen molar-refractivity contribution in [3.05, 3.63) is 36.2 Å². The van der Waals surface area contributed by atoms with Crippen molar-refractivity contribution in [1.29, 1.82) is 0 Å². The third-order valence-electron chi connectivity index (χ3n) is 7.30. The second-order valence-corrected chi connectivity index (χ2v) is 10.3. The molecule has 2 saturated heterocycles. The Morgan fingerprint density at radius 1 is 1.19 bits per heavy atom. The quantitative estimate of drug-likeness (QED) is 0.444. The lowest BCUT2D eigenvalue weighted by Gasteiger charge is -2.45. The highest BCUT2D eigenvalue weighted by molar-refractivity contribution is 6.15. The third kappa shape index (κ3) is 4.86. The van der Waals surface area contributed by atoms with Crippen LogP contribution in [0.4, 0.5) is 0 Å². The molecule has 36 heavy (non-hydrogen) atoms. The van der Waals surface area contributed by atoms with Crippen molar-refractivity contribution >= 4 is 27.6 Å². The van der Waals surface area contributed by atoms with Crippen LogP contribution >= 0.6 is 0 Å². The van der Waals surface area contributed by atoms with Gasteiger partial charge in [0.15, 0.2) is 12.1 Å². The molecule has 3 N–H and O–H groups in total. The van der Waals surface area contributed by atoms with Gasteiger partial charge in [-0.15, -0.1) is 0 Å². The molecule has 2 fully saturated rings. The number of ether oxygens (including phenoxy) is 3. The van der Waals surface area contributed by atoms with E-state index >= 15 is 0 Å². The predicted molar refractivity (Wildman–Crippen MR) is 133 cm³/mol. The van der Waals surface area contributed by atoms with E-state index in [-0.39, 0.29) is 35.8 Å². The van der Waals surface area contributed by atoms with Gasteiger partial charge in [0.25, 0.3) is 0 Å². The van der Waals surface area contributed by atoms with Crippen LogP contribution < -0.4 is 10.4 Å². The average Bonchev–Trinajstić information content (AvgIpc) is 3.20. The summed E-state index contributed by atoms with van der Waals surface area (Å²) in [6, 6.07) is 7.42. The number of aromatic hydroxyl groups is 1. The van der Waals surface area contributed by atoms with E-state index in [9.17, 15) is 15.0 Å². The van der Waals surface area contributed by atoms with E-state index in [4.69, 9.17) is 14.2 Å². The number of H-pyrrole nitrogens is 1. The van der Waals surface area contributed by atoms with Crippen LogP contribution in [0, 0.1) is 5.92 Å². The number of carbonyl (C=O) groups excluding carboxylic acids is 1. The molecule has 5 rings (SSSR count). The summed E-state index contributed by atoms with van der Waals surface area (Å²) in [7, 11) is 0. The lowest BCUT2D eigenvalue weighted by molar-refractivity contribution is -0.529. The number of phenols is 1. The average molecular weight is 497 g/mol. The number of ketones is 1. The second-order valence-electron chi connectivity index (χ2n) is 10.3. The maximum atomic E-state index is 13.7. The maximum Gasteiger partial charge on any atom is 0.189 e. The van der Waals surface area contributed by atoms with E-state index in [1.54, 1.807) is 31.3 Å². The van der Waals surface area contributed by atoms with Crippen molar-refractivity contribution in [2.24, 2.45) is 5.92 Å². The number of carbonyl (C=O) groups is 1. The number of fused-ring (bicyclic) bond motifs is 3. The summed E-state index contributed by atoms with van der Waals surface area (Å²) in [6.07, 6.45) is 0.0185. The number of nitrogens with zero attached hydrogens (tertiary/aromatic N) is 1. The first-order valence-corrected chi connectivity index (χ1v) is 12.7. The van der Waals surface area contributed by atoms with E-state index in [0.717, 1.165) is 22.7 Å². The molecule has 3 aromatic rings. The summed E-state index contributed by atoms with van der Waals surface area (Å²) >= 11 is 0. The van der Waals surface area contributed by atoms with Crippen LogP contribution in [0.25, 0.3) is 21.8 Å². The number of aromatic amines is 1. The summed E-state index contributed by atoms with van der Waals surface area (Å²) in [5.74, 6) is -0.646. The molecule has 2 aliphatic heterocycles. The van der Waals surface area contributed by atoms with Crippen molar-refractivity contribution in [2.45, 2.75) is 89.9 Å². The number of hydrogen-bond acceptors (Lipinski definition) is 8. The Morgan fingerprint density at radius 2 is 2.00 bits per heavy atom. The molecule has 0 saturated carbocycles. The van der Waals surface area contributed by atoms with E-state index < -0.39 is 30.7 Å². The summed E-state index contributed by atoms with van der Waals surface area (Å²) in [5, 5.41) is 27.8. The van der Waals surface area contributed by atoms with Gasteiger partial charge >= 0.3 is 0 Å². The Morgan fingerprint density at radius 3 is 2.75 bits per heavy atom. The SMILES string of the molecule is CC(C)NC1CCC(OC2CC(C(=O)c3nccc4c3[nH]c3ccc(O)cc34)C(C)OC2[O-])OC1C. The first-order valence-electron chi connectivity index (χ1n) is 12.7. The van der Waals surface area contributed by atoms with Crippen molar-refractivity contribution in [3.63, 3.8) is 0 Å². The van der Waals surface area contributed by atoms with Gasteiger partial charge < -0.3 is 34.7 Å². The molecule has 9 heteroatoms. The van der Waals surface area contributed by atoms with Gasteiger partial charge in [-0.05, 0) is 57.4 Å². The monoisotopic (exact) mass is 496 g/mol. The number of phenolic OH excluding ortho intramolecular Hbond substituents is 1. The number of rotatable bonds is 6. The highest BCUT2D eigenvalue weighted by atomic mass is 16.7. The largest absolute Gasteiger partial charge is 0.829 e. The number of pyridine rings is 1. The molecule has 7 atom stereocenters. The highest BCUT2D eigenvalue weighted by Gasteiger charge is 2.39. The highest BCUT2D eigenvalue weighted by Crippen LogP contribution is 2.34. The van der Waals surface area contributed by atoms with Gasteiger partial charge in [-0.1, -0.05) is 13.8 Å². The number of hydrogen-bond donors (Lipinski definition) is 3. The molecular formula is C27H34N3O6-. The molecule has 9 nitrogen and oxygen atoms in total. The van der Waals surface area contributed by atoms with Gasteiger partial charge in [0.1, 0.15) is 11.4 Å². The minimum absolute atomic E-state index is 0.0552. The fourth-order valence-corrected chi connectivity index (χ4v) is 5.46. The van der Waals surface area contributed by atoms with Crippen LogP contribution in [0.15, 0.2) is 30.5 Å². The third-order valence-corrected chi connectivity index (χ3v) is 7.30. The Bertz CT molecular complexity index is 1240. The zero-order valence-corrected chi connectivity index (χ0v) is 21.1. The van der Waals surface area contributed by atoms with Crippen molar-refractivity contribution in [2.75, 3.05) is 0 Å². The summed E-state index contributed by atoms with van der Waals surface area (Å²) in [4.78, 5) is 21.3. The second kappa shape index (κ2) is 10.1. The van der Waals surface area contributed by atoms with E-state index in [1.165, 1.54) is 0 Å². The molecule has 194 valence electrons. The standard InChI is InChI=1S/C27H34N3O6/c1-13(2)29-20-7-8-23(34-15(20)4)36-22-12-18(14(3)35-27(22)33)26(32)25-24-17(9-10-28-25)19-11-16(31)5-6-21(19)30-24/h5-6,9-11,13-15,18,20,22-23,27,29-31H,7-8,12H2,1-4H3/q-1. The summed E-state index contributed by atoms with van der Waals surface area (Å²) < 4.78 is 17.8. The summed E-state index contributed by atoms with van der Waals surface area (Å²) in [5.41, 5.74) is 1.69. The van der Waals surface area contributed by atoms with Gasteiger partial charge in [0, 0.05) is 40.9 Å². The lowest BCUT2D eigenvalue weighted by Crippen LogP contribution is -2.55. The van der Waals surface area contributed by atoms with Crippen LogP contribution in [-0.2, 0) is 14.2 Å². The van der Waals surface area contributed by atoms with Crippen LogP contribution in [0.1, 0.15) is 57.4 Å². The molecule has 4 heterocycles. The number of aromatic nitrogens is 2. The van der Waals surface area contributed by atoms with E-state index in [1.807, 2.05) is 13.0 Å². The molecule has 0 radical (unpaired) electrons. The molecule has 0 spiro atoms. The van der Waals surface area contributed by atoms with Gasteiger partial charge in [-0.3, -0.25) is 9.78 Å². The fourth-order valence-electron chi connectivity index (χ4n) is 5.46. The molecular weight excluding hydrogens is 462 g/mol. The van der Waals surface area contributed by atoms with Gasteiger partial charge in [0.2, 0.25) is 0 Å². The van der Waals surface area contributed by atoms with Crippen molar-refractivity contribution in [3.8, 4) is 5.75 Å². The normalized spacial score (nSPS) is 31.3. The number of nitrogens with one attached hydrogen (secondary N) is 2. The fraction of sp³-hybridized carbons (Fsp3) is 0.556. The zero-order chi connectivity index (χ0) is 25.6. The van der Waals surface area contributed by atoms with Gasteiger partial charge in [-0.25, -0.2) is 0 Å². The van der Waals surface area contributed by atoms with E-state index in [2.05, 4.69) is 29.1 Å². The minimum atomic E-state index is -1.39. The smallest absolute Gasteiger partial charge is 0.189 e. The van der Waals surface area contributed by atoms with Crippen molar-refractivity contribution in [1.82, 2.24) is 15.3 Å². The number of benzene rings is 1. The van der Waals surface area contributed by atoms with Crippen molar-refractivity contribution < 1.29 is 29.2 Å². The Balaban J connectivity index is 1.33. The lowest BCUT2D eigenvalue weighted by atomic mass is 9.87. The zero-order valence-electron chi connectivity index (χ0n) is 21.1. The molecule has 0 bridgehead atoms. The predicted octanol–water partition coefficient (Wildman–Crippen LogP) is 2.99. The molecule has 1 aromatic carbocycles. The Kier molecular flexibility index (Phi) is 7.02. The first-order chi connectivity index (χ1) is 17.2. The first kappa shape index (κ1) is 25.1. The van der Waals surface area contributed by atoms with Crippen LogP contribution in [0.2, 0.25) is 0 Å². The molecule has 2 aromatic heterocycles. The van der Waals surface area contributed by atoms with Crippen LogP contribution in [0.3, 0.4) is 0 Å². The molecule has 0 aliphatic carbocycles. The van der Waals surface area contributed by atoms with Gasteiger partial charge in [-0.2, -0.15) is 0 Å². The Hall–Kier alpha value is -2.56. The number of Topliss-reactive ketones (excluding diaryl/α,β-unsaturated/α-hetero) is 1. The van der Waals surface area contributed by atoms with Crippen LogP contribution in [0.5, 0.6) is 5.75 Å². The maximum absolute atomic E-state index is 13.7. The Labute approximate surface area is 210 Å². The topological polar surface area (TPSA) is 129 Å². The van der Waals surface area contributed by atoms with E-state index in [0.29, 0.717) is 18.0 Å².